The molecule has 18 heavy (non-hydrogen) atoms. The summed E-state index contributed by atoms with van der Waals surface area (Å²) in [5.41, 5.74) is 6.98. The van der Waals surface area contributed by atoms with Gasteiger partial charge in [0, 0.05) is 6.54 Å². The number of amides is 1. The molecular formula is C15H24N2O. The first kappa shape index (κ1) is 14.7. The van der Waals surface area contributed by atoms with Crippen molar-refractivity contribution in [2.75, 3.05) is 6.54 Å². The van der Waals surface area contributed by atoms with E-state index >= 15 is 0 Å². The van der Waals surface area contributed by atoms with Gasteiger partial charge in [-0.1, -0.05) is 56.5 Å². The minimum atomic E-state index is -0.446. The van der Waals surface area contributed by atoms with E-state index in [4.69, 9.17) is 5.73 Å². The van der Waals surface area contributed by atoms with E-state index in [9.17, 15) is 4.79 Å². The Kier molecular flexibility index (Phi) is 7.11. The van der Waals surface area contributed by atoms with Crippen LogP contribution in [0.5, 0.6) is 0 Å². The van der Waals surface area contributed by atoms with Crippen molar-refractivity contribution >= 4 is 5.91 Å². The van der Waals surface area contributed by atoms with Crippen LogP contribution in [0.15, 0.2) is 30.3 Å². The predicted molar refractivity (Wildman–Crippen MR) is 75.3 cm³/mol. The molecule has 100 valence electrons. The van der Waals surface area contributed by atoms with Gasteiger partial charge in [0.05, 0.1) is 6.04 Å². The topological polar surface area (TPSA) is 55.1 Å². The molecule has 0 heterocycles. The summed E-state index contributed by atoms with van der Waals surface area (Å²) >= 11 is 0. The Hall–Kier alpha value is -1.35. The van der Waals surface area contributed by atoms with E-state index in [2.05, 4.69) is 12.2 Å². The second kappa shape index (κ2) is 8.70. The van der Waals surface area contributed by atoms with Gasteiger partial charge in [-0.2, -0.15) is 0 Å². The third-order valence-electron chi connectivity index (χ3n) is 2.96. The van der Waals surface area contributed by atoms with Gasteiger partial charge in [-0.25, -0.2) is 0 Å². The highest BCUT2D eigenvalue weighted by Crippen LogP contribution is 2.02. The average molecular weight is 248 g/mol. The summed E-state index contributed by atoms with van der Waals surface area (Å²) in [5, 5.41) is 2.90. The first-order chi connectivity index (χ1) is 8.74. The van der Waals surface area contributed by atoms with Crippen molar-refractivity contribution < 1.29 is 4.79 Å². The molecule has 1 unspecified atom stereocenters. The van der Waals surface area contributed by atoms with Crippen molar-refractivity contribution in [2.45, 2.75) is 45.1 Å². The van der Waals surface area contributed by atoms with E-state index in [0.717, 1.165) is 18.5 Å². The average Bonchev–Trinajstić information content (AvgIpc) is 2.39. The second-order valence-corrected chi connectivity index (χ2v) is 4.65. The summed E-state index contributed by atoms with van der Waals surface area (Å²) in [4.78, 5) is 11.7. The molecule has 1 amide bonds. The first-order valence-electron chi connectivity index (χ1n) is 6.81. The molecule has 1 rings (SSSR count). The maximum atomic E-state index is 11.7. The maximum Gasteiger partial charge on any atom is 0.237 e. The molecule has 0 bridgehead atoms. The zero-order valence-corrected chi connectivity index (χ0v) is 11.2. The van der Waals surface area contributed by atoms with Crippen LogP contribution in [-0.2, 0) is 11.2 Å². The lowest BCUT2D eigenvalue weighted by atomic mass is 10.1. The maximum absolute atomic E-state index is 11.7. The number of carbonyl (C=O) groups is 1. The monoisotopic (exact) mass is 248 g/mol. The molecule has 0 spiro atoms. The number of unbranched alkanes of at least 4 members (excludes halogenated alkanes) is 3. The number of hydrogen-bond donors (Lipinski definition) is 2. The molecule has 1 aromatic rings. The molecule has 3 N–H and O–H groups in total. The highest BCUT2D eigenvalue weighted by atomic mass is 16.2. The molecule has 1 atom stereocenters. The Morgan fingerprint density at radius 3 is 2.61 bits per heavy atom. The molecule has 0 aliphatic rings. The predicted octanol–water partition coefficient (Wildman–Crippen LogP) is 2.25. The first-order valence-corrected chi connectivity index (χ1v) is 6.81. The lowest BCUT2D eigenvalue weighted by Gasteiger charge is -2.12. The van der Waals surface area contributed by atoms with E-state index in [1.165, 1.54) is 19.3 Å². The van der Waals surface area contributed by atoms with E-state index in [-0.39, 0.29) is 5.91 Å². The summed E-state index contributed by atoms with van der Waals surface area (Å²) in [7, 11) is 0. The Labute approximate surface area is 110 Å². The third kappa shape index (κ3) is 5.82. The molecular weight excluding hydrogens is 224 g/mol. The Bertz CT molecular complexity index is 338. The van der Waals surface area contributed by atoms with Crippen molar-refractivity contribution in [1.29, 1.82) is 0 Å². The van der Waals surface area contributed by atoms with Gasteiger partial charge in [0.25, 0.3) is 0 Å². The fourth-order valence-corrected chi connectivity index (χ4v) is 1.86. The van der Waals surface area contributed by atoms with Gasteiger partial charge in [-0.05, 0) is 18.4 Å². The van der Waals surface area contributed by atoms with Crippen LogP contribution in [-0.4, -0.2) is 18.5 Å². The molecule has 0 fully saturated rings. The van der Waals surface area contributed by atoms with Crippen LogP contribution in [0.3, 0.4) is 0 Å². The SMILES string of the molecule is CCCCCCNC(=O)C(N)Cc1ccccc1. The third-order valence-corrected chi connectivity index (χ3v) is 2.96. The van der Waals surface area contributed by atoms with Crippen molar-refractivity contribution in [1.82, 2.24) is 5.32 Å². The smallest absolute Gasteiger partial charge is 0.237 e. The number of rotatable bonds is 8. The zero-order chi connectivity index (χ0) is 13.2. The fourth-order valence-electron chi connectivity index (χ4n) is 1.86. The fraction of sp³-hybridized carbons (Fsp3) is 0.533. The second-order valence-electron chi connectivity index (χ2n) is 4.65. The summed E-state index contributed by atoms with van der Waals surface area (Å²) in [6.07, 6.45) is 5.25. The van der Waals surface area contributed by atoms with Crippen LogP contribution in [0, 0.1) is 0 Å². The molecule has 1 aromatic carbocycles. The summed E-state index contributed by atoms with van der Waals surface area (Å²) < 4.78 is 0. The van der Waals surface area contributed by atoms with Crippen LogP contribution >= 0.6 is 0 Å². The number of nitrogens with one attached hydrogen (secondary N) is 1. The largest absolute Gasteiger partial charge is 0.355 e. The summed E-state index contributed by atoms with van der Waals surface area (Å²) in [5.74, 6) is -0.0460. The van der Waals surface area contributed by atoms with E-state index in [1.54, 1.807) is 0 Å². The standard InChI is InChI=1S/C15H24N2O/c1-2-3-4-8-11-17-15(18)14(16)12-13-9-6-5-7-10-13/h5-7,9-10,14H,2-4,8,11-12,16H2,1H3,(H,17,18). The van der Waals surface area contributed by atoms with Gasteiger partial charge in [-0.3, -0.25) is 4.79 Å². The molecule has 0 radical (unpaired) electrons. The number of carbonyl (C=O) groups excluding carboxylic acids is 1. The summed E-state index contributed by atoms with van der Waals surface area (Å²) in [6, 6.07) is 9.43. The lowest BCUT2D eigenvalue weighted by Crippen LogP contribution is -2.42. The molecule has 0 aromatic heterocycles. The summed E-state index contributed by atoms with van der Waals surface area (Å²) in [6.45, 7) is 2.91. The molecule has 3 heteroatoms. The lowest BCUT2D eigenvalue weighted by molar-refractivity contribution is -0.122. The highest BCUT2D eigenvalue weighted by Gasteiger charge is 2.12. The van der Waals surface area contributed by atoms with Crippen molar-refractivity contribution in [2.24, 2.45) is 5.73 Å². The number of nitrogens with two attached hydrogens (primary N) is 1. The number of benzene rings is 1. The van der Waals surface area contributed by atoms with Crippen molar-refractivity contribution in [3.05, 3.63) is 35.9 Å². The molecule has 0 aliphatic heterocycles. The van der Waals surface area contributed by atoms with Crippen molar-refractivity contribution in [3.8, 4) is 0 Å². The quantitative estimate of drug-likeness (QED) is 0.693. The normalized spacial score (nSPS) is 12.1. The van der Waals surface area contributed by atoms with Gasteiger partial charge in [-0.15, -0.1) is 0 Å². The van der Waals surface area contributed by atoms with Gasteiger partial charge < -0.3 is 11.1 Å². The zero-order valence-electron chi connectivity index (χ0n) is 11.2. The molecule has 0 saturated heterocycles. The minimum Gasteiger partial charge on any atom is -0.355 e. The van der Waals surface area contributed by atoms with Gasteiger partial charge in [0.15, 0.2) is 0 Å². The van der Waals surface area contributed by atoms with Gasteiger partial charge in [0.1, 0.15) is 0 Å². The van der Waals surface area contributed by atoms with E-state index in [1.807, 2.05) is 30.3 Å². The molecule has 3 nitrogen and oxygen atoms in total. The van der Waals surface area contributed by atoms with Crippen LogP contribution in [0.1, 0.15) is 38.2 Å². The van der Waals surface area contributed by atoms with Gasteiger partial charge >= 0.3 is 0 Å². The van der Waals surface area contributed by atoms with Crippen LogP contribution < -0.4 is 11.1 Å². The highest BCUT2D eigenvalue weighted by molar-refractivity contribution is 5.81. The van der Waals surface area contributed by atoms with Crippen LogP contribution in [0.4, 0.5) is 0 Å². The van der Waals surface area contributed by atoms with Gasteiger partial charge in [0.2, 0.25) is 5.91 Å². The molecule has 0 saturated carbocycles. The van der Waals surface area contributed by atoms with Crippen LogP contribution in [0.2, 0.25) is 0 Å². The van der Waals surface area contributed by atoms with E-state index < -0.39 is 6.04 Å². The Morgan fingerprint density at radius 2 is 1.94 bits per heavy atom. The Morgan fingerprint density at radius 1 is 1.22 bits per heavy atom. The number of hydrogen-bond acceptors (Lipinski definition) is 2. The Balaban J connectivity index is 2.21. The molecule has 0 aliphatic carbocycles. The van der Waals surface area contributed by atoms with Crippen LogP contribution in [0.25, 0.3) is 0 Å². The van der Waals surface area contributed by atoms with Crippen molar-refractivity contribution in [3.63, 3.8) is 0 Å². The minimum absolute atomic E-state index is 0.0460. The van der Waals surface area contributed by atoms with E-state index in [0.29, 0.717) is 6.42 Å².